The Morgan fingerprint density at radius 1 is 0.821 bits per heavy atom. The zero-order valence-electron chi connectivity index (χ0n) is 15.0. The van der Waals surface area contributed by atoms with E-state index in [0.29, 0.717) is 32.2 Å². The quantitative estimate of drug-likeness (QED) is 0.336. The first-order valence-corrected chi connectivity index (χ1v) is 10.3. The van der Waals surface area contributed by atoms with E-state index in [1.807, 2.05) is 37.6 Å². The first kappa shape index (κ1) is 18.9. The van der Waals surface area contributed by atoms with Crippen LogP contribution >= 0.6 is 35.0 Å². The van der Waals surface area contributed by atoms with Crippen molar-refractivity contribution in [3.63, 3.8) is 0 Å². The van der Waals surface area contributed by atoms with Gasteiger partial charge in [0.1, 0.15) is 0 Å². The molecule has 2 aromatic carbocycles. The third kappa shape index (κ3) is 3.39. The fourth-order valence-electron chi connectivity index (χ4n) is 2.91. The van der Waals surface area contributed by atoms with Crippen molar-refractivity contribution in [2.75, 3.05) is 6.26 Å². The Morgan fingerprint density at radius 3 is 1.82 bits per heavy atom. The Hall–Kier alpha value is -2.41. The van der Waals surface area contributed by atoms with Gasteiger partial charge in [0, 0.05) is 28.2 Å². The lowest BCUT2D eigenvalue weighted by atomic mass is 10.0. The molecule has 0 N–H and O–H groups in total. The van der Waals surface area contributed by atoms with Crippen molar-refractivity contribution in [2.24, 2.45) is 7.05 Å². The highest BCUT2D eigenvalue weighted by molar-refractivity contribution is 7.98. The summed E-state index contributed by atoms with van der Waals surface area (Å²) < 4.78 is 1.78. The van der Waals surface area contributed by atoms with Gasteiger partial charge in [-0.2, -0.15) is 4.98 Å². The van der Waals surface area contributed by atoms with Crippen LogP contribution in [0.2, 0.25) is 10.0 Å². The molecule has 0 saturated carbocycles. The van der Waals surface area contributed by atoms with Gasteiger partial charge in [0.05, 0.1) is 11.4 Å². The second kappa shape index (κ2) is 7.54. The fraction of sp³-hybridized carbons (Fsp3) is 0.100. The molecule has 28 heavy (non-hydrogen) atoms. The predicted molar refractivity (Wildman–Crippen MR) is 115 cm³/mol. The standard InChI is InChI=1S/C20H14Cl2N4OS/c1-26-18-17(19(27)25-20(26)28-2)23-15(11-3-7-13(21)8-4-11)16(24-18)12-5-9-14(22)10-6-12/h3-10H,1-2H3. The number of halogens is 2. The smallest absolute Gasteiger partial charge is 0.301 e. The van der Waals surface area contributed by atoms with Crippen LogP contribution in [0.1, 0.15) is 0 Å². The normalized spacial score (nSPS) is 11.1. The van der Waals surface area contributed by atoms with Crippen LogP contribution in [0.3, 0.4) is 0 Å². The summed E-state index contributed by atoms with van der Waals surface area (Å²) in [5.41, 5.74) is 3.19. The first-order valence-electron chi connectivity index (χ1n) is 8.32. The zero-order valence-corrected chi connectivity index (χ0v) is 17.3. The number of thioether (sulfide) groups is 1. The summed E-state index contributed by atoms with van der Waals surface area (Å²) in [7, 11) is 1.82. The average Bonchev–Trinajstić information content (AvgIpc) is 2.71. The molecule has 5 nitrogen and oxygen atoms in total. The molecule has 0 radical (unpaired) electrons. The maximum Gasteiger partial charge on any atom is 0.301 e. The van der Waals surface area contributed by atoms with Gasteiger partial charge in [0.15, 0.2) is 16.3 Å². The van der Waals surface area contributed by atoms with E-state index >= 15 is 0 Å². The first-order chi connectivity index (χ1) is 13.5. The van der Waals surface area contributed by atoms with Crippen molar-refractivity contribution >= 4 is 46.1 Å². The summed E-state index contributed by atoms with van der Waals surface area (Å²) in [5.74, 6) is 0. The molecule has 4 rings (SSSR count). The minimum Gasteiger partial charge on any atom is -0.307 e. The molecule has 8 heteroatoms. The number of hydrogen-bond donors (Lipinski definition) is 0. The summed E-state index contributed by atoms with van der Waals surface area (Å²) in [4.78, 5) is 26.2. The lowest BCUT2D eigenvalue weighted by molar-refractivity contribution is 0.753. The monoisotopic (exact) mass is 428 g/mol. The van der Waals surface area contributed by atoms with Gasteiger partial charge in [-0.05, 0) is 30.5 Å². The Bertz CT molecular complexity index is 1240. The number of nitrogens with zero attached hydrogens (tertiary/aromatic N) is 4. The fourth-order valence-corrected chi connectivity index (χ4v) is 3.70. The van der Waals surface area contributed by atoms with Crippen molar-refractivity contribution in [3.05, 3.63) is 68.9 Å². The molecule has 140 valence electrons. The van der Waals surface area contributed by atoms with Crippen molar-refractivity contribution in [1.29, 1.82) is 0 Å². The minimum atomic E-state index is -0.400. The second-order valence-corrected chi connectivity index (χ2v) is 7.72. The highest BCUT2D eigenvalue weighted by Gasteiger charge is 2.18. The van der Waals surface area contributed by atoms with Crippen LogP contribution in [0.15, 0.2) is 58.5 Å². The van der Waals surface area contributed by atoms with E-state index < -0.39 is 5.56 Å². The lowest BCUT2D eigenvalue weighted by Crippen LogP contribution is -2.17. The Labute approximate surface area is 175 Å². The highest BCUT2D eigenvalue weighted by Crippen LogP contribution is 2.32. The van der Waals surface area contributed by atoms with E-state index in [0.717, 1.165) is 11.1 Å². The van der Waals surface area contributed by atoms with Gasteiger partial charge in [-0.1, -0.05) is 59.2 Å². The molecule has 0 saturated heterocycles. The Balaban J connectivity index is 2.09. The van der Waals surface area contributed by atoms with E-state index in [2.05, 4.69) is 9.97 Å². The predicted octanol–water partition coefficient (Wildman–Crippen LogP) is 5.09. The van der Waals surface area contributed by atoms with Crippen LogP contribution < -0.4 is 5.56 Å². The van der Waals surface area contributed by atoms with Crippen molar-refractivity contribution in [1.82, 2.24) is 19.5 Å². The van der Waals surface area contributed by atoms with Crippen LogP contribution in [0.4, 0.5) is 0 Å². The van der Waals surface area contributed by atoms with Gasteiger partial charge in [-0.3, -0.25) is 4.79 Å². The Morgan fingerprint density at radius 2 is 1.32 bits per heavy atom. The molecule has 0 spiro atoms. The topological polar surface area (TPSA) is 60.7 Å². The molecule has 0 aliphatic rings. The van der Waals surface area contributed by atoms with E-state index in [1.54, 1.807) is 28.8 Å². The zero-order chi connectivity index (χ0) is 19.8. The molecule has 0 fully saturated rings. The van der Waals surface area contributed by atoms with E-state index in [-0.39, 0.29) is 5.52 Å². The molecule has 2 heterocycles. The SMILES string of the molecule is CSc1nc(=O)c2nc(-c3ccc(Cl)cc3)c(-c3ccc(Cl)cc3)nc2n1C. The van der Waals surface area contributed by atoms with Gasteiger partial charge in [-0.15, -0.1) is 0 Å². The van der Waals surface area contributed by atoms with Crippen LogP contribution in [-0.2, 0) is 7.05 Å². The number of hydrogen-bond acceptors (Lipinski definition) is 5. The van der Waals surface area contributed by atoms with Gasteiger partial charge in [0.25, 0.3) is 0 Å². The molecule has 0 unspecified atom stereocenters. The minimum absolute atomic E-state index is 0.225. The van der Waals surface area contributed by atoms with Crippen LogP contribution in [0.25, 0.3) is 33.7 Å². The van der Waals surface area contributed by atoms with Crippen molar-refractivity contribution < 1.29 is 0 Å². The maximum atomic E-state index is 12.6. The summed E-state index contributed by atoms with van der Waals surface area (Å²) >= 11 is 13.5. The maximum absolute atomic E-state index is 12.6. The number of fused-ring (bicyclic) bond motifs is 1. The lowest BCUT2D eigenvalue weighted by Gasteiger charge is -2.13. The summed E-state index contributed by atoms with van der Waals surface area (Å²) in [6, 6.07) is 14.6. The third-order valence-corrected chi connectivity index (χ3v) is 5.53. The van der Waals surface area contributed by atoms with Crippen molar-refractivity contribution in [3.8, 4) is 22.5 Å². The van der Waals surface area contributed by atoms with Gasteiger partial charge in [-0.25, -0.2) is 9.97 Å². The average molecular weight is 429 g/mol. The molecular weight excluding hydrogens is 415 g/mol. The number of aromatic nitrogens is 4. The van der Waals surface area contributed by atoms with Crippen LogP contribution in [0, 0.1) is 0 Å². The summed E-state index contributed by atoms with van der Waals surface area (Å²) in [5, 5.41) is 1.83. The highest BCUT2D eigenvalue weighted by atomic mass is 35.5. The van der Waals surface area contributed by atoms with Gasteiger partial charge >= 0.3 is 5.56 Å². The molecule has 0 atom stereocenters. The van der Waals surface area contributed by atoms with Crippen LogP contribution in [-0.4, -0.2) is 25.8 Å². The Kier molecular flexibility index (Phi) is 5.10. The third-order valence-electron chi connectivity index (χ3n) is 4.30. The molecule has 4 aromatic rings. The van der Waals surface area contributed by atoms with Gasteiger partial charge in [0.2, 0.25) is 0 Å². The van der Waals surface area contributed by atoms with E-state index in [1.165, 1.54) is 11.8 Å². The summed E-state index contributed by atoms with van der Waals surface area (Å²) in [6.45, 7) is 0. The molecule has 2 aromatic heterocycles. The van der Waals surface area contributed by atoms with Crippen LogP contribution in [0.5, 0.6) is 0 Å². The largest absolute Gasteiger partial charge is 0.307 e. The molecule has 0 bridgehead atoms. The number of rotatable bonds is 3. The number of benzene rings is 2. The summed E-state index contributed by atoms with van der Waals surface area (Å²) in [6.07, 6.45) is 1.86. The number of aryl methyl sites for hydroxylation is 1. The molecule has 0 aliphatic carbocycles. The van der Waals surface area contributed by atoms with Crippen molar-refractivity contribution in [2.45, 2.75) is 5.16 Å². The van der Waals surface area contributed by atoms with E-state index in [9.17, 15) is 4.79 Å². The second-order valence-electron chi connectivity index (χ2n) is 6.07. The van der Waals surface area contributed by atoms with E-state index in [4.69, 9.17) is 28.2 Å². The molecular formula is C20H14Cl2N4OS. The molecule has 0 aliphatic heterocycles. The molecule has 0 amide bonds. The van der Waals surface area contributed by atoms with Gasteiger partial charge < -0.3 is 4.57 Å².